The number of thiophene rings is 1. The molecule has 1 amide bonds. The molecule has 0 saturated carbocycles. The molecule has 1 aliphatic heterocycles. The molecule has 1 N–H and O–H groups in total. The van der Waals surface area contributed by atoms with E-state index in [0.29, 0.717) is 19.4 Å². The Bertz CT molecular complexity index is 566. The Balaban J connectivity index is 1.77. The Morgan fingerprint density at radius 3 is 2.81 bits per heavy atom. The van der Waals surface area contributed by atoms with E-state index < -0.39 is 5.97 Å². The van der Waals surface area contributed by atoms with Crippen molar-refractivity contribution in [3.63, 3.8) is 0 Å². The SMILES string of the molecule is CC1CC(C(=O)O)CCN1C(=O)c1csc2c1CCCC2. The summed E-state index contributed by atoms with van der Waals surface area (Å²) in [6.07, 6.45) is 5.64. The van der Waals surface area contributed by atoms with Gasteiger partial charge in [0, 0.05) is 22.8 Å². The van der Waals surface area contributed by atoms with Gasteiger partial charge in [-0.1, -0.05) is 0 Å². The number of fused-ring (bicyclic) bond motifs is 1. The minimum Gasteiger partial charge on any atom is -0.481 e. The fraction of sp³-hybridized carbons (Fsp3) is 0.625. The molecule has 1 saturated heterocycles. The van der Waals surface area contributed by atoms with Crippen LogP contribution in [0.2, 0.25) is 0 Å². The summed E-state index contributed by atoms with van der Waals surface area (Å²) in [5.41, 5.74) is 2.12. The highest BCUT2D eigenvalue weighted by Gasteiger charge is 2.34. The number of piperidine rings is 1. The van der Waals surface area contributed by atoms with E-state index in [1.54, 1.807) is 11.3 Å². The molecule has 21 heavy (non-hydrogen) atoms. The summed E-state index contributed by atoms with van der Waals surface area (Å²) in [4.78, 5) is 27.1. The molecule has 2 unspecified atom stereocenters. The van der Waals surface area contributed by atoms with E-state index >= 15 is 0 Å². The summed E-state index contributed by atoms with van der Waals surface area (Å²) in [7, 11) is 0. The van der Waals surface area contributed by atoms with E-state index in [1.165, 1.54) is 23.3 Å². The average molecular weight is 307 g/mol. The van der Waals surface area contributed by atoms with Crippen molar-refractivity contribution in [2.75, 3.05) is 6.54 Å². The van der Waals surface area contributed by atoms with Crippen LogP contribution in [0.25, 0.3) is 0 Å². The molecule has 1 aromatic rings. The number of hydrogen-bond donors (Lipinski definition) is 1. The van der Waals surface area contributed by atoms with E-state index in [1.807, 2.05) is 17.2 Å². The predicted molar refractivity (Wildman–Crippen MR) is 81.8 cm³/mol. The molecule has 1 aliphatic carbocycles. The smallest absolute Gasteiger partial charge is 0.306 e. The standard InChI is InChI=1S/C16H21NO3S/c1-10-8-11(16(19)20)6-7-17(10)15(18)13-9-21-14-5-3-2-4-12(13)14/h9-11H,2-8H2,1H3,(H,19,20). The number of carbonyl (C=O) groups excluding carboxylic acids is 1. The first-order chi connectivity index (χ1) is 10.1. The van der Waals surface area contributed by atoms with Gasteiger partial charge in [0.15, 0.2) is 0 Å². The zero-order valence-electron chi connectivity index (χ0n) is 12.3. The summed E-state index contributed by atoms with van der Waals surface area (Å²) in [6, 6.07) is 0.00601. The number of amides is 1. The quantitative estimate of drug-likeness (QED) is 0.914. The van der Waals surface area contributed by atoms with E-state index in [-0.39, 0.29) is 17.9 Å². The average Bonchev–Trinajstić information content (AvgIpc) is 2.90. The Kier molecular flexibility index (Phi) is 4.02. The summed E-state index contributed by atoms with van der Waals surface area (Å²) < 4.78 is 0. The number of carboxylic acid groups (broad SMARTS) is 1. The molecule has 5 heteroatoms. The van der Waals surface area contributed by atoms with Crippen LogP contribution in [0.15, 0.2) is 5.38 Å². The minimum atomic E-state index is -0.734. The Hall–Kier alpha value is -1.36. The first-order valence-corrected chi connectivity index (χ1v) is 8.59. The lowest BCUT2D eigenvalue weighted by Crippen LogP contribution is -2.46. The molecule has 4 nitrogen and oxygen atoms in total. The van der Waals surface area contributed by atoms with E-state index in [4.69, 9.17) is 5.11 Å². The third-order valence-corrected chi connectivity index (χ3v) is 5.87. The second kappa shape index (κ2) is 5.79. The zero-order valence-corrected chi connectivity index (χ0v) is 13.1. The normalized spacial score (nSPS) is 25.5. The topological polar surface area (TPSA) is 57.6 Å². The fourth-order valence-electron chi connectivity index (χ4n) is 3.53. The number of nitrogens with zero attached hydrogens (tertiary/aromatic N) is 1. The van der Waals surface area contributed by atoms with Gasteiger partial charge in [0.1, 0.15) is 0 Å². The van der Waals surface area contributed by atoms with Gasteiger partial charge in [-0.15, -0.1) is 11.3 Å². The monoisotopic (exact) mass is 307 g/mol. The highest BCUT2D eigenvalue weighted by atomic mass is 32.1. The van der Waals surface area contributed by atoms with Crippen molar-refractivity contribution in [2.24, 2.45) is 5.92 Å². The van der Waals surface area contributed by atoms with Gasteiger partial charge < -0.3 is 10.0 Å². The maximum atomic E-state index is 12.8. The van der Waals surface area contributed by atoms with Gasteiger partial charge in [-0.25, -0.2) is 0 Å². The molecule has 1 aromatic heterocycles. The summed E-state index contributed by atoms with van der Waals surface area (Å²) in [6.45, 7) is 2.52. The second-order valence-electron chi connectivity index (χ2n) is 6.17. The molecular formula is C16H21NO3S. The number of aryl methyl sites for hydroxylation is 1. The third-order valence-electron chi connectivity index (χ3n) is 4.78. The maximum Gasteiger partial charge on any atom is 0.306 e. The van der Waals surface area contributed by atoms with Gasteiger partial charge in [0.2, 0.25) is 0 Å². The molecule has 0 radical (unpaired) electrons. The number of carboxylic acids is 1. The third kappa shape index (κ3) is 2.71. The lowest BCUT2D eigenvalue weighted by Gasteiger charge is -2.36. The molecule has 0 spiro atoms. The van der Waals surface area contributed by atoms with Gasteiger partial charge in [-0.2, -0.15) is 0 Å². The summed E-state index contributed by atoms with van der Waals surface area (Å²) in [5.74, 6) is -0.937. The minimum absolute atomic E-state index is 0.00601. The molecule has 114 valence electrons. The summed E-state index contributed by atoms with van der Waals surface area (Å²) >= 11 is 1.71. The van der Waals surface area contributed by atoms with Gasteiger partial charge in [-0.3, -0.25) is 9.59 Å². The van der Waals surface area contributed by atoms with Crippen LogP contribution in [-0.2, 0) is 17.6 Å². The van der Waals surface area contributed by atoms with Crippen LogP contribution < -0.4 is 0 Å². The van der Waals surface area contributed by atoms with Crippen molar-refractivity contribution in [1.82, 2.24) is 4.90 Å². The summed E-state index contributed by atoms with van der Waals surface area (Å²) in [5, 5.41) is 11.1. The highest BCUT2D eigenvalue weighted by molar-refractivity contribution is 7.10. The van der Waals surface area contributed by atoms with E-state index in [9.17, 15) is 9.59 Å². The lowest BCUT2D eigenvalue weighted by atomic mass is 9.90. The second-order valence-corrected chi connectivity index (χ2v) is 7.13. The Morgan fingerprint density at radius 1 is 1.33 bits per heavy atom. The highest BCUT2D eigenvalue weighted by Crippen LogP contribution is 2.32. The molecular weight excluding hydrogens is 286 g/mol. The van der Waals surface area contributed by atoms with Crippen molar-refractivity contribution in [3.05, 3.63) is 21.4 Å². The van der Waals surface area contributed by atoms with Gasteiger partial charge in [-0.05, 0) is 51.0 Å². The van der Waals surface area contributed by atoms with Crippen molar-refractivity contribution in [1.29, 1.82) is 0 Å². The van der Waals surface area contributed by atoms with Crippen LogP contribution in [0.1, 0.15) is 53.4 Å². The first kappa shape index (κ1) is 14.6. The Morgan fingerprint density at radius 2 is 2.10 bits per heavy atom. The largest absolute Gasteiger partial charge is 0.481 e. The zero-order chi connectivity index (χ0) is 15.0. The molecule has 0 aromatic carbocycles. The number of rotatable bonds is 2. The van der Waals surface area contributed by atoms with Crippen molar-refractivity contribution in [2.45, 2.75) is 51.5 Å². The maximum absolute atomic E-state index is 12.8. The molecule has 3 rings (SSSR count). The van der Waals surface area contributed by atoms with Crippen LogP contribution >= 0.6 is 11.3 Å². The predicted octanol–water partition coefficient (Wildman–Crippen LogP) is 2.95. The van der Waals surface area contributed by atoms with Crippen LogP contribution in [-0.4, -0.2) is 34.5 Å². The number of hydrogen-bond acceptors (Lipinski definition) is 3. The van der Waals surface area contributed by atoms with Gasteiger partial charge >= 0.3 is 5.97 Å². The fourth-order valence-corrected chi connectivity index (χ4v) is 4.65. The van der Waals surface area contributed by atoms with Gasteiger partial charge in [0.25, 0.3) is 5.91 Å². The van der Waals surface area contributed by atoms with Crippen LogP contribution in [0, 0.1) is 5.92 Å². The lowest BCUT2D eigenvalue weighted by molar-refractivity contribution is -0.143. The van der Waals surface area contributed by atoms with Crippen molar-refractivity contribution >= 4 is 23.2 Å². The number of likely N-dealkylation sites (tertiary alicyclic amines) is 1. The van der Waals surface area contributed by atoms with Crippen LogP contribution in [0.3, 0.4) is 0 Å². The molecule has 2 aliphatic rings. The number of carbonyl (C=O) groups is 2. The molecule has 2 heterocycles. The van der Waals surface area contributed by atoms with Crippen LogP contribution in [0.4, 0.5) is 0 Å². The van der Waals surface area contributed by atoms with Gasteiger partial charge in [0.05, 0.1) is 11.5 Å². The molecule has 2 atom stereocenters. The van der Waals surface area contributed by atoms with E-state index in [0.717, 1.165) is 18.4 Å². The van der Waals surface area contributed by atoms with Crippen LogP contribution in [0.5, 0.6) is 0 Å². The molecule has 0 bridgehead atoms. The number of aliphatic carboxylic acids is 1. The Labute approximate surface area is 128 Å². The first-order valence-electron chi connectivity index (χ1n) is 7.71. The van der Waals surface area contributed by atoms with Crippen molar-refractivity contribution in [3.8, 4) is 0 Å². The van der Waals surface area contributed by atoms with E-state index in [2.05, 4.69) is 0 Å². The molecule has 1 fully saturated rings. The van der Waals surface area contributed by atoms with Crippen molar-refractivity contribution < 1.29 is 14.7 Å².